The quantitative estimate of drug-likeness (QED) is 0.406. The van der Waals surface area contributed by atoms with Gasteiger partial charge in [0.15, 0.2) is 5.96 Å². The lowest BCUT2D eigenvalue weighted by molar-refractivity contribution is 0.115. The van der Waals surface area contributed by atoms with Gasteiger partial charge in [0.25, 0.3) is 0 Å². The Kier molecular flexibility index (Phi) is 7.89. The first kappa shape index (κ1) is 18.6. The smallest absolute Gasteiger partial charge is 0.193 e. The summed E-state index contributed by atoms with van der Waals surface area (Å²) >= 11 is 0. The fourth-order valence-corrected chi connectivity index (χ4v) is 2.50. The molecule has 2 rings (SSSR count). The van der Waals surface area contributed by atoms with E-state index < -0.39 is 0 Å². The van der Waals surface area contributed by atoms with Crippen LogP contribution in [-0.4, -0.2) is 57.9 Å². The molecule has 1 saturated carbocycles. The second-order valence-corrected chi connectivity index (χ2v) is 6.24. The van der Waals surface area contributed by atoms with Crippen molar-refractivity contribution in [3.63, 3.8) is 0 Å². The van der Waals surface area contributed by atoms with Gasteiger partial charge in [-0.2, -0.15) is 0 Å². The molecule has 134 valence electrons. The zero-order chi connectivity index (χ0) is 17.2. The summed E-state index contributed by atoms with van der Waals surface area (Å²) in [7, 11) is 3.77. The van der Waals surface area contributed by atoms with Crippen LogP contribution >= 0.6 is 0 Å². The van der Waals surface area contributed by atoms with Gasteiger partial charge in [-0.25, -0.2) is 0 Å². The molecule has 0 aliphatic heterocycles. The van der Waals surface area contributed by atoms with E-state index in [1.807, 2.05) is 18.2 Å². The van der Waals surface area contributed by atoms with Crippen LogP contribution in [0, 0.1) is 5.92 Å². The van der Waals surface area contributed by atoms with Crippen molar-refractivity contribution >= 4 is 5.96 Å². The van der Waals surface area contributed by atoms with Gasteiger partial charge in [-0.3, -0.25) is 4.99 Å². The highest BCUT2D eigenvalue weighted by Gasteiger charge is 2.21. The number of nitrogens with one attached hydrogen (secondary N) is 1. The third-order valence-electron chi connectivity index (χ3n) is 4.15. The summed E-state index contributed by atoms with van der Waals surface area (Å²) in [4.78, 5) is 6.87. The monoisotopic (exact) mass is 333 g/mol. The highest BCUT2D eigenvalue weighted by atomic mass is 16.5. The molecular formula is C19H31N3O2. The van der Waals surface area contributed by atoms with Crippen LogP contribution in [-0.2, 0) is 11.2 Å². The highest BCUT2D eigenvalue weighted by Crippen LogP contribution is 2.28. The summed E-state index contributed by atoms with van der Waals surface area (Å²) in [6.07, 6.45) is 3.54. The van der Waals surface area contributed by atoms with E-state index in [9.17, 15) is 0 Å². The minimum absolute atomic E-state index is 0.732. The standard InChI is InChI=1S/C19H31N3O2/c1-4-20-19(22(2)13-14-24-15-16-9-10-16)21-12-11-17-7-5-6-8-18(17)23-3/h5-8,16H,4,9-15H2,1-3H3,(H,20,21). The van der Waals surface area contributed by atoms with Gasteiger partial charge in [0, 0.05) is 33.3 Å². The first-order valence-corrected chi connectivity index (χ1v) is 8.93. The molecule has 0 radical (unpaired) electrons. The summed E-state index contributed by atoms with van der Waals surface area (Å²) in [5.41, 5.74) is 1.19. The van der Waals surface area contributed by atoms with Crippen LogP contribution in [0.4, 0.5) is 0 Å². The molecule has 0 saturated heterocycles. The van der Waals surface area contributed by atoms with Gasteiger partial charge >= 0.3 is 0 Å². The maximum atomic E-state index is 5.72. The van der Waals surface area contributed by atoms with Crippen LogP contribution in [0.1, 0.15) is 25.3 Å². The molecule has 0 bridgehead atoms. The van der Waals surface area contributed by atoms with E-state index in [0.717, 1.165) is 56.9 Å². The van der Waals surface area contributed by atoms with Gasteiger partial charge in [0.05, 0.1) is 13.7 Å². The number of hydrogen-bond donors (Lipinski definition) is 1. The molecule has 5 heteroatoms. The molecule has 1 N–H and O–H groups in total. The normalized spacial score (nSPS) is 14.5. The van der Waals surface area contributed by atoms with E-state index in [1.165, 1.54) is 18.4 Å². The minimum Gasteiger partial charge on any atom is -0.496 e. The summed E-state index contributed by atoms with van der Waals surface area (Å²) < 4.78 is 11.1. The van der Waals surface area contributed by atoms with Crippen molar-refractivity contribution in [1.82, 2.24) is 10.2 Å². The number of guanidine groups is 1. The lowest BCUT2D eigenvalue weighted by Crippen LogP contribution is -2.40. The zero-order valence-corrected chi connectivity index (χ0v) is 15.3. The van der Waals surface area contributed by atoms with Crippen LogP contribution in [0.15, 0.2) is 29.3 Å². The predicted octanol–water partition coefficient (Wildman–Crippen LogP) is 2.56. The second-order valence-electron chi connectivity index (χ2n) is 6.24. The molecule has 24 heavy (non-hydrogen) atoms. The van der Waals surface area contributed by atoms with Crippen molar-refractivity contribution in [3.05, 3.63) is 29.8 Å². The molecule has 0 unspecified atom stereocenters. The Hall–Kier alpha value is -1.75. The van der Waals surface area contributed by atoms with E-state index >= 15 is 0 Å². The van der Waals surface area contributed by atoms with Crippen molar-refractivity contribution in [2.75, 3.05) is 47.0 Å². The van der Waals surface area contributed by atoms with E-state index in [4.69, 9.17) is 14.5 Å². The molecule has 1 aromatic carbocycles. The average Bonchev–Trinajstić information content (AvgIpc) is 3.42. The average molecular weight is 333 g/mol. The maximum Gasteiger partial charge on any atom is 0.193 e. The summed E-state index contributed by atoms with van der Waals surface area (Å²) in [5.74, 6) is 2.68. The summed E-state index contributed by atoms with van der Waals surface area (Å²) in [6.45, 7) is 6.20. The molecule has 1 aromatic rings. The van der Waals surface area contributed by atoms with Gasteiger partial charge in [0.2, 0.25) is 0 Å². The Morgan fingerprint density at radius 1 is 1.33 bits per heavy atom. The van der Waals surface area contributed by atoms with E-state index in [0.29, 0.717) is 0 Å². The lowest BCUT2D eigenvalue weighted by atomic mass is 10.1. The number of ether oxygens (including phenoxy) is 2. The fraction of sp³-hybridized carbons (Fsp3) is 0.632. The first-order chi connectivity index (χ1) is 11.7. The van der Waals surface area contributed by atoms with Crippen LogP contribution < -0.4 is 10.1 Å². The molecule has 0 heterocycles. The van der Waals surface area contributed by atoms with Crippen molar-refractivity contribution in [3.8, 4) is 5.75 Å². The predicted molar refractivity (Wildman–Crippen MR) is 98.8 cm³/mol. The maximum absolute atomic E-state index is 5.72. The third-order valence-corrected chi connectivity index (χ3v) is 4.15. The molecule has 1 fully saturated rings. The van der Waals surface area contributed by atoms with Crippen molar-refractivity contribution in [2.24, 2.45) is 10.9 Å². The van der Waals surface area contributed by atoms with Crippen LogP contribution in [0.3, 0.4) is 0 Å². The SMILES string of the molecule is CCNC(=NCCc1ccccc1OC)N(C)CCOCC1CC1. The van der Waals surface area contributed by atoms with Gasteiger partial charge in [-0.1, -0.05) is 18.2 Å². The molecule has 0 spiro atoms. The van der Waals surface area contributed by atoms with Crippen molar-refractivity contribution in [1.29, 1.82) is 0 Å². The first-order valence-electron chi connectivity index (χ1n) is 8.93. The largest absolute Gasteiger partial charge is 0.496 e. The third kappa shape index (κ3) is 6.40. The minimum atomic E-state index is 0.732. The number of nitrogens with zero attached hydrogens (tertiary/aromatic N) is 2. The lowest BCUT2D eigenvalue weighted by Gasteiger charge is -2.22. The Morgan fingerprint density at radius 3 is 2.83 bits per heavy atom. The summed E-state index contributed by atoms with van der Waals surface area (Å²) in [5, 5.41) is 3.35. The number of benzene rings is 1. The van der Waals surface area contributed by atoms with E-state index in [-0.39, 0.29) is 0 Å². The van der Waals surface area contributed by atoms with Crippen LogP contribution in [0.25, 0.3) is 0 Å². The Bertz CT molecular complexity index is 515. The number of likely N-dealkylation sites (N-methyl/N-ethyl adjacent to an activating group) is 1. The Morgan fingerprint density at radius 2 is 2.12 bits per heavy atom. The fourth-order valence-electron chi connectivity index (χ4n) is 2.50. The van der Waals surface area contributed by atoms with Gasteiger partial charge in [-0.05, 0) is 43.7 Å². The summed E-state index contributed by atoms with van der Waals surface area (Å²) in [6, 6.07) is 8.12. The number of hydrogen-bond acceptors (Lipinski definition) is 3. The van der Waals surface area contributed by atoms with Crippen molar-refractivity contribution < 1.29 is 9.47 Å². The van der Waals surface area contributed by atoms with Crippen LogP contribution in [0.2, 0.25) is 0 Å². The van der Waals surface area contributed by atoms with Gasteiger partial charge in [-0.15, -0.1) is 0 Å². The number of methoxy groups -OCH3 is 1. The van der Waals surface area contributed by atoms with Crippen molar-refractivity contribution in [2.45, 2.75) is 26.2 Å². The molecule has 1 aliphatic carbocycles. The molecule has 5 nitrogen and oxygen atoms in total. The Labute approximate surface area is 146 Å². The Balaban J connectivity index is 1.79. The van der Waals surface area contributed by atoms with Gasteiger partial charge in [0.1, 0.15) is 5.75 Å². The van der Waals surface area contributed by atoms with Crippen LogP contribution in [0.5, 0.6) is 5.75 Å². The van der Waals surface area contributed by atoms with E-state index in [1.54, 1.807) is 7.11 Å². The molecule has 0 amide bonds. The number of para-hydroxylation sites is 1. The second kappa shape index (κ2) is 10.2. The zero-order valence-electron chi connectivity index (χ0n) is 15.3. The molecule has 1 aliphatic rings. The number of aliphatic imine (C=N–C) groups is 1. The van der Waals surface area contributed by atoms with E-state index in [2.05, 4.69) is 30.3 Å². The molecular weight excluding hydrogens is 302 g/mol. The molecule has 0 atom stereocenters. The molecule has 0 aromatic heterocycles. The number of rotatable bonds is 10. The highest BCUT2D eigenvalue weighted by molar-refractivity contribution is 5.79. The van der Waals surface area contributed by atoms with Gasteiger partial charge < -0.3 is 19.7 Å². The topological polar surface area (TPSA) is 46.1 Å².